The van der Waals surface area contributed by atoms with Gasteiger partial charge in [0.05, 0.1) is 25.1 Å². The van der Waals surface area contributed by atoms with Crippen molar-refractivity contribution >= 4 is 0 Å². The van der Waals surface area contributed by atoms with Crippen molar-refractivity contribution in [2.24, 2.45) is 0 Å². The van der Waals surface area contributed by atoms with Crippen LogP contribution < -0.4 is 0 Å². The van der Waals surface area contributed by atoms with Crippen molar-refractivity contribution in [2.75, 3.05) is 0 Å². The molecule has 2 heterocycles. The molecule has 1 aromatic carbocycles. The van der Waals surface area contributed by atoms with Crippen molar-refractivity contribution < 1.29 is 13.9 Å². The van der Waals surface area contributed by atoms with Crippen LogP contribution in [0.3, 0.4) is 0 Å². The summed E-state index contributed by atoms with van der Waals surface area (Å²) >= 11 is 0. The van der Waals surface area contributed by atoms with Gasteiger partial charge >= 0.3 is 0 Å². The molecule has 3 rings (SSSR count). The highest BCUT2D eigenvalue weighted by Gasteiger charge is 2.40. The summed E-state index contributed by atoms with van der Waals surface area (Å²) in [7, 11) is 0. The summed E-state index contributed by atoms with van der Waals surface area (Å²) in [5, 5.41) is 18.8. The third-order valence-electron chi connectivity index (χ3n) is 3.91. The fourth-order valence-corrected chi connectivity index (χ4v) is 2.58. The summed E-state index contributed by atoms with van der Waals surface area (Å²) in [5.74, 6) is -1.52. The first kappa shape index (κ1) is 15.3. The Kier molecular flexibility index (Phi) is 3.91. The van der Waals surface area contributed by atoms with Crippen molar-refractivity contribution in [1.82, 2.24) is 24.5 Å². The van der Waals surface area contributed by atoms with E-state index in [9.17, 15) is 13.9 Å². The van der Waals surface area contributed by atoms with E-state index in [1.54, 1.807) is 30.1 Å². The Hall–Kier alpha value is -2.61. The van der Waals surface area contributed by atoms with E-state index < -0.39 is 23.3 Å². The van der Waals surface area contributed by atoms with E-state index in [1.165, 1.54) is 23.3 Å². The number of benzene rings is 1. The predicted octanol–water partition coefficient (Wildman–Crippen LogP) is 1.90. The molecule has 8 heteroatoms. The molecule has 0 fully saturated rings. The second-order valence-electron chi connectivity index (χ2n) is 5.34. The minimum absolute atomic E-state index is 0.0180. The third kappa shape index (κ3) is 2.85. The molecule has 0 amide bonds. The van der Waals surface area contributed by atoms with Crippen LogP contribution in [0.2, 0.25) is 0 Å². The summed E-state index contributed by atoms with van der Waals surface area (Å²) in [6, 6.07) is 2.47. The number of aliphatic hydroxyl groups is 1. The first-order valence-electron chi connectivity index (χ1n) is 7.00. The average Bonchev–Trinajstić information content (AvgIpc) is 3.19. The van der Waals surface area contributed by atoms with E-state index in [4.69, 9.17) is 0 Å². The quantitative estimate of drug-likeness (QED) is 0.780. The van der Waals surface area contributed by atoms with Crippen LogP contribution >= 0.6 is 0 Å². The van der Waals surface area contributed by atoms with E-state index in [2.05, 4.69) is 15.3 Å². The number of hydrogen-bond acceptors (Lipinski definition) is 4. The standard InChI is InChI=1S/C15H15F2N5O/c1-11(22-7-5-19-20-22)15(23,9-21-6-4-18-10-21)13-3-2-12(16)8-14(13)17/h2-8,10-11,23H,9H2,1H3/t11-,15-/m1/s1. The smallest absolute Gasteiger partial charge is 0.132 e. The highest BCUT2D eigenvalue weighted by molar-refractivity contribution is 5.26. The highest BCUT2D eigenvalue weighted by Crippen LogP contribution is 2.36. The van der Waals surface area contributed by atoms with Gasteiger partial charge in [0, 0.05) is 30.2 Å². The van der Waals surface area contributed by atoms with Crippen LogP contribution in [0.15, 0.2) is 49.3 Å². The Morgan fingerprint density at radius 1 is 1.26 bits per heavy atom. The Bertz CT molecular complexity index is 775. The van der Waals surface area contributed by atoms with Crippen LogP contribution in [-0.4, -0.2) is 29.7 Å². The van der Waals surface area contributed by atoms with Gasteiger partial charge in [0.2, 0.25) is 0 Å². The lowest BCUT2D eigenvalue weighted by Gasteiger charge is -2.35. The first-order chi connectivity index (χ1) is 11.0. The SMILES string of the molecule is C[C@@H](n1ccnn1)[C@](O)(Cn1ccnc1)c1ccc(F)cc1F. The molecule has 0 spiro atoms. The maximum atomic E-state index is 14.3. The van der Waals surface area contributed by atoms with Crippen molar-refractivity contribution in [3.63, 3.8) is 0 Å². The molecule has 1 N–H and O–H groups in total. The van der Waals surface area contributed by atoms with Gasteiger partial charge in [0.1, 0.15) is 17.2 Å². The molecule has 0 aliphatic rings. The van der Waals surface area contributed by atoms with Gasteiger partial charge in [-0.05, 0) is 13.0 Å². The summed E-state index contributed by atoms with van der Waals surface area (Å²) in [5.41, 5.74) is -1.69. The minimum Gasteiger partial charge on any atom is -0.381 e. The highest BCUT2D eigenvalue weighted by atomic mass is 19.1. The fourth-order valence-electron chi connectivity index (χ4n) is 2.58. The number of nitrogens with zero attached hydrogens (tertiary/aromatic N) is 5. The lowest BCUT2D eigenvalue weighted by Crippen LogP contribution is -2.40. The summed E-state index contributed by atoms with van der Waals surface area (Å²) in [6.07, 6.45) is 7.77. The summed E-state index contributed by atoms with van der Waals surface area (Å²) in [6.45, 7) is 1.71. The van der Waals surface area contributed by atoms with E-state index >= 15 is 0 Å². The van der Waals surface area contributed by atoms with Crippen LogP contribution in [0.25, 0.3) is 0 Å². The molecule has 0 saturated heterocycles. The van der Waals surface area contributed by atoms with Gasteiger partial charge in [0.25, 0.3) is 0 Å². The predicted molar refractivity (Wildman–Crippen MR) is 77.2 cm³/mol. The second-order valence-corrected chi connectivity index (χ2v) is 5.34. The average molecular weight is 319 g/mol. The molecule has 3 aromatic rings. The number of aromatic nitrogens is 5. The van der Waals surface area contributed by atoms with E-state index in [-0.39, 0.29) is 12.1 Å². The molecule has 6 nitrogen and oxygen atoms in total. The molecular formula is C15H15F2N5O. The van der Waals surface area contributed by atoms with Crippen LogP contribution in [0.4, 0.5) is 8.78 Å². The number of hydrogen-bond donors (Lipinski definition) is 1. The van der Waals surface area contributed by atoms with Crippen molar-refractivity contribution in [2.45, 2.75) is 25.1 Å². The number of imidazole rings is 1. The van der Waals surface area contributed by atoms with Gasteiger partial charge in [-0.3, -0.25) is 0 Å². The molecule has 0 aliphatic heterocycles. The fraction of sp³-hybridized carbons (Fsp3) is 0.267. The van der Waals surface area contributed by atoms with E-state index in [0.717, 1.165) is 12.1 Å². The Morgan fingerprint density at radius 3 is 2.70 bits per heavy atom. The zero-order valence-electron chi connectivity index (χ0n) is 12.3. The lowest BCUT2D eigenvalue weighted by atomic mass is 9.86. The molecule has 0 bridgehead atoms. The maximum Gasteiger partial charge on any atom is 0.132 e. The molecule has 0 saturated carbocycles. The molecule has 0 aliphatic carbocycles. The summed E-state index contributed by atoms with van der Waals surface area (Å²) in [4.78, 5) is 3.92. The Balaban J connectivity index is 2.08. The monoisotopic (exact) mass is 319 g/mol. The van der Waals surface area contributed by atoms with Gasteiger partial charge in [-0.15, -0.1) is 5.10 Å². The normalized spacial score (nSPS) is 15.3. The van der Waals surface area contributed by atoms with E-state index in [1.807, 2.05) is 0 Å². The molecule has 0 unspecified atom stereocenters. The molecule has 0 radical (unpaired) electrons. The van der Waals surface area contributed by atoms with Crippen LogP contribution in [0.1, 0.15) is 18.5 Å². The van der Waals surface area contributed by atoms with Gasteiger partial charge in [-0.2, -0.15) is 0 Å². The third-order valence-corrected chi connectivity index (χ3v) is 3.91. The van der Waals surface area contributed by atoms with E-state index in [0.29, 0.717) is 0 Å². The molecule has 23 heavy (non-hydrogen) atoms. The molecule has 2 aromatic heterocycles. The van der Waals surface area contributed by atoms with Gasteiger partial charge in [-0.1, -0.05) is 11.3 Å². The minimum atomic E-state index is -1.67. The van der Waals surface area contributed by atoms with Crippen LogP contribution in [-0.2, 0) is 12.1 Å². The Morgan fingerprint density at radius 2 is 2.09 bits per heavy atom. The van der Waals surface area contributed by atoms with Crippen molar-refractivity contribution in [1.29, 1.82) is 0 Å². The number of halogens is 2. The topological polar surface area (TPSA) is 68.8 Å². The molecule has 120 valence electrons. The maximum absolute atomic E-state index is 14.3. The van der Waals surface area contributed by atoms with Gasteiger partial charge in [0.15, 0.2) is 0 Å². The van der Waals surface area contributed by atoms with Crippen LogP contribution in [0.5, 0.6) is 0 Å². The van der Waals surface area contributed by atoms with Gasteiger partial charge in [-0.25, -0.2) is 18.4 Å². The largest absolute Gasteiger partial charge is 0.381 e. The number of rotatable bonds is 5. The Labute approximate surface area is 131 Å². The first-order valence-corrected chi connectivity index (χ1v) is 7.00. The summed E-state index contributed by atoms with van der Waals surface area (Å²) < 4.78 is 30.6. The molecule has 2 atom stereocenters. The second kappa shape index (κ2) is 5.88. The zero-order valence-corrected chi connectivity index (χ0v) is 12.3. The molecular weight excluding hydrogens is 304 g/mol. The zero-order chi connectivity index (χ0) is 16.4. The van der Waals surface area contributed by atoms with Crippen LogP contribution in [0, 0.1) is 11.6 Å². The van der Waals surface area contributed by atoms with Gasteiger partial charge < -0.3 is 9.67 Å². The lowest BCUT2D eigenvalue weighted by molar-refractivity contribution is -0.0346. The van der Waals surface area contributed by atoms with Crippen molar-refractivity contribution in [3.05, 3.63) is 66.5 Å². The van der Waals surface area contributed by atoms with Crippen molar-refractivity contribution in [3.8, 4) is 0 Å².